The van der Waals surface area contributed by atoms with Gasteiger partial charge in [-0.05, 0) is 36.1 Å². The van der Waals surface area contributed by atoms with E-state index < -0.39 is 6.10 Å². The summed E-state index contributed by atoms with van der Waals surface area (Å²) in [6.45, 7) is 3.47. The van der Waals surface area contributed by atoms with Crippen LogP contribution in [0.25, 0.3) is 0 Å². The molecule has 0 spiro atoms. The van der Waals surface area contributed by atoms with Crippen LogP contribution in [0.5, 0.6) is 0 Å². The Morgan fingerprint density at radius 3 is 3.05 bits per heavy atom. The van der Waals surface area contributed by atoms with Crippen LogP contribution in [0.4, 0.5) is 0 Å². The molecule has 5 heteroatoms. The molecule has 1 aromatic carbocycles. The maximum atomic E-state index is 11.5. The average Bonchev–Trinajstić information content (AvgIpc) is 3.04. The van der Waals surface area contributed by atoms with Gasteiger partial charge < -0.3 is 21.1 Å². The minimum atomic E-state index is -0.448. The highest BCUT2D eigenvalue weighted by Crippen LogP contribution is 2.30. The van der Waals surface area contributed by atoms with Crippen LogP contribution in [0.2, 0.25) is 0 Å². The summed E-state index contributed by atoms with van der Waals surface area (Å²) in [5, 5.41) is 13.2. The number of amides is 1. The molecule has 2 atom stereocenters. The summed E-state index contributed by atoms with van der Waals surface area (Å²) in [5.74, 6) is 0.297. The molecule has 22 heavy (non-hydrogen) atoms. The largest absolute Gasteiger partial charge is 0.391 e. The van der Waals surface area contributed by atoms with Gasteiger partial charge in [0, 0.05) is 32.5 Å². The lowest BCUT2D eigenvalue weighted by molar-refractivity contribution is -0.127. The molecular formula is C17H25N3O2. The van der Waals surface area contributed by atoms with E-state index in [1.54, 1.807) is 0 Å². The fraction of sp³-hybridized carbons (Fsp3) is 0.588. The molecule has 2 aliphatic rings. The third-order valence-corrected chi connectivity index (χ3v) is 4.70. The predicted molar refractivity (Wildman–Crippen MR) is 85.2 cm³/mol. The lowest BCUT2D eigenvalue weighted by atomic mass is 10.0. The van der Waals surface area contributed by atoms with E-state index in [-0.39, 0.29) is 6.04 Å². The lowest BCUT2D eigenvalue weighted by Gasteiger charge is -2.15. The van der Waals surface area contributed by atoms with E-state index in [9.17, 15) is 9.90 Å². The first-order valence-electron chi connectivity index (χ1n) is 8.19. The Morgan fingerprint density at radius 2 is 2.27 bits per heavy atom. The molecule has 0 radical (unpaired) electrons. The summed E-state index contributed by atoms with van der Waals surface area (Å²) in [6.07, 6.45) is 2.92. The molecule has 1 aromatic rings. The van der Waals surface area contributed by atoms with Crippen molar-refractivity contribution in [1.82, 2.24) is 10.2 Å². The highest BCUT2D eigenvalue weighted by Gasteiger charge is 2.27. The number of aliphatic hydroxyl groups is 1. The van der Waals surface area contributed by atoms with Crippen molar-refractivity contribution in [3.63, 3.8) is 0 Å². The van der Waals surface area contributed by atoms with E-state index in [2.05, 4.69) is 23.5 Å². The van der Waals surface area contributed by atoms with Crippen LogP contribution in [0, 0.1) is 0 Å². The van der Waals surface area contributed by atoms with E-state index in [1.807, 2.05) is 4.90 Å². The van der Waals surface area contributed by atoms with Crippen molar-refractivity contribution in [2.45, 2.75) is 44.4 Å². The smallest absolute Gasteiger partial charge is 0.222 e. The minimum Gasteiger partial charge on any atom is -0.391 e. The Morgan fingerprint density at radius 1 is 1.41 bits per heavy atom. The number of likely N-dealkylation sites (tertiary alicyclic amines) is 1. The molecule has 1 fully saturated rings. The first kappa shape index (κ1) is 15.5. The number of benzene rings is 1. The number of nitrogens with one attached hydrogen (secondary N) is 1. The monoisotopic (exact) mass is 303 g/mol. The Bertz CT molecular complexity index is 547. The Kier molecular flexibility index (Phi) is 4.76. The van der Waals surface area contributed by atoms with Crippen molar-refractivity contribution < 1.29 is 9.90 Å². The van der Waals surface area contributed by atoms with Crippen LogP contribution in [0.15, 0.2) is 18.2 Å². The van der Waals surface area contributed by atoms with Crippen molar-refractivity contribution >= 4 is 5.91 Å². The van der Waals surface area contributed by atoms with Crippen molar-refractivity contribution in [1.29, 1.82) is 0 Å². The Labute approximate surface area is 131 Å². The molecule has 0 saturated carbocycles. The average molecular weight is 303 g/mol. The van der Waals surface area contributed by atoms with Crippen LogP contribution in [-0.4, -0.2) is 41.7 Å². The summed E-state index contributed by atoms with van der Waals surface area (Å²) in [4.78, 5) is 13.5. The first-order valence-corrected chi connectivity index (χ1v) is 8.19. The fourth-order valence-electron chi connectivity index (χ4n) is 3.38. The number of hydrogen-bond acceptors (Lipinski definition) is 4. The fourth-order valence-corrected chi connectivity index (χ4v) is 3.38. The third kappa shape index (κ3) is 3.32. The Balaban J connectivity index is 1.42. The second-order valence-corrected chi connectivity index (χ2v) is 6.35. The number of carbonyl (C=O) groups excluding carboxylic acids is 1. The first-order chi connectivity index (χ1) is 10.6. The van der Waals surface area contributed by atoms with Gasteiger partial charge in [-0.2, -0.15) is 0 Å². The summed E-state index contributed by atoms with van der Waals surface area (Å²) in [5.41, 5.74) is 9.45. The van der Waals surface area contributed by atoms with Gasteiger partial charge in [0.2, 0.25) is 5.91 Å². The highest BCUT2D eigenvalue weighted by molar-refractivity contribution is 5.77. The summed E-state index contributed by atoms with van der Waals surface area (Å²) < 4.78 is 0. The zero-order valence-electron chi connectivity index (χ0n) is 12.9. The zero-order valence-corrected chi connectivity index (χ0v) is 12.9. The molecule has 1 amide bonds. The van der Waals surface area contributed by atoms with Gasteiger partial charge in [-0.25, -0.2) is 0 Å². The molecule has 5 nitrogen and oxygen atoms in total. The summed E-state index contributed by atoms with van der Waals surface area (Å²) >= 11 is 0. The maximum Gasteiger partial charge on any atom is 0.222 e. The lowest BCUT2D eigenvalue weighted by Crippen LogP contribution is -2.28. The molecular weight excluding hydrogens is 278 g/mol. The quantitative estimate of drug-likeness (QED) is 0.676. The number of rotatable bonds is 6. The standard InChI is InChI=1S/C17H25N3O2/c18-17-14-9-12(4-5-13(14)10-15(17)21)11-19-6-2-8-20-7-1-3-16(20)22/h4-5,9,15,17,19,21H,1-3,6-8,10-11,18H2/t15-,17-/m1/s1. The van der Waals surface area contributed by atoms with E-state index in [4.69, 9.17) is 5.73 Å². The van der Waals surface area contributed by atoms with Crippen molar-refractivity contribution in [3.05, 3.63) is 34.9 Å². The molecule has 1 aliphatic heterocycles. The van der Waals surface area contributed by atoms with Crippen LogP contribution >= 0.6 is 0 Å². The van der Waals surface area contributed by atoms with Crippen molar-refractivity contribution in [3.8, 4) is 0 Å². The van der Waals surface area contributed by atoms with Crippen LogP contribution < -0.4 is 11.1 Å². The summed E-state index contributed by atoms with van der Waals surface area (Å²) in [7, 11) is 0. The minimum absolute atomic E-state index is 0.254. The van der Waals surface area contributed by atoms with Gasteiger partial charge in [0.1, 0.15) is 0 Å². The number of aliphatic hydroxyl groups excluding tert-OH is 1. The van der Waals surface area contributed by atoms with Crippen LogP contribution in [0.1, 0.15) is 42.0 Å². The third-order valence-electron chi connectivity index (χ3n) is 4.70. The van der Waals surface area contributed by atoms with Gasteiger partial charge in [0.05, 0.1) is 12.1 Å². The molecule has 120 valence electrons. The molecule has 1 aliphatic carbocycles. The number of hydrogen-bond donors (Lipinski definition) is 3. The molecule has 1 saturated heterocycles. The van der Waals surface area contributed by atoms with E-state index in [1.165, 1.54) is 5.56 Å². The van der Waals surface area contributed by atoms with Gasteiger partial charge in [-0.3, -0.25) is 4.79 Å². The van der Waals surface area contributed by atoms with Crippen LogP contribution in [0.3, 0.4) is 0 Å². The number of nitrogens with zero attached hydrogens (tertiary/aromatic N) is 1. The van der Waals surface area contributed by atoms with Gasteiger partial charge in [0.15, 0.2) is 0 Å². The second-order valence-electron chi connectivity index (χ2n) is 6.35. The van der Waals surface area contributed by atoms with Gasteiger partial charge in [-0.1, -0.05) is 18.2 Å². The molecule has 1 heterocycles. The molecule has 3 rings (SSSR count). The SMILES string of the molecule is N[C@@H]1c2cc(CNCCCN3CCCC3=O)ccc2C[C@H]1O. The molecule has 0 unspecified atom stereocenters. The topological polar surface area (TPSA) is 78.6 Å². The summed E-state index contributed by atoms with van der Waals surface area (Å²) in [6, 6.07) is 6.02. The second kappa shape index (κ2) is 6.77. The zero-order chi connectivity index (χ0) is 15.5. The predicted octanol–water partition coefficient (Wildman–Crippen LogP) is 0.705. The van der Waals surface area contributed by atoms with E-state index in [0.717, 1.165) is 50.1 Å². The Hall–Kier alpha value is -1.43. The van der Waals surface area contributed by atoms with E-state index in [0.29, 0.717) is 18.7 Å². The van der Waals surface area contributed by atoms with E-state index >= 15 is 0 Å². The van der Waals surface area contributed by atoms with Crippen molar-refractivity contribution in [2.75, 3.05) is 19.6 Å². The van der Waals surface area contributed by atoms with Gasteiger partial charge >= 0.3 is 0 Å². The highest BCUT2D eigenvalue weighted by atomic mass is 16.3. The number of carbonyl (C=O) groups is 1. The molecule has 0 aromatic heterocycles. The van der Waals surface area contributed by atoms with Gasteiger partial charge in [0.25, 0.3) is 0 Å². The van der Waals surface area contributed by atoms with Crippen LogP contribution in [-0.2, 0) is 17.8 Å². The van der Waals surface area contributed by atoms with Gasteiger partial charge in [-0.15, -0.1) is 0 Å². The number of nitrogens with two attached hydrogens (primary N) is 1. The molecule has 4 N–H and O–H groups in total. The number of fused-ring (bicyclic) bond motifs is 1. The maximum absolute atomic E-state index is 11.5. The normalized spacial score (nSPS) is 24.1. The molecule has 0 bridgehead atoms. The van der Waals surface area contributed by atoms with Crippen molar-refractivity contribution in [2.24, 2.45) is 5.73 Å².